The molecule has 0 radical (unpaired) electrons. The molecule has 4 N–H and O–H groups in total. The first-order valence-electron chi connectivity index (χ1n) is 12.1. The molecule has 1 aliphatic heterocycles. The lowest BCUT2D eigenvalue weighted by atomic mass is 9.93. The molecule has 186 valence electrons. The second kappa shape index (κ2) is 10.0. The van der Waals surface area contributed by atoms with Gasteiger partial charge >= 0.3 is 0 Å². The zero-order valence-electron chi connectivity index (χ0n) is 19.7. The van der Waals surface area contributed by atoms with E-state index in [4.69, 9.17) is 4.74 Å². The summed E-state index contributed by atoms with van der Waals surface area (Å²) in [5.41, 5.74) is 0.973. The molecule has 1 unspecified atom stereocenters. The number of nitrogens with zero attached hydrogens (tertiary/aromatic N) is 4. The summed E-state index contributed by atoms with van der Waals surface area (Å²) < 4.78 is 8.73. The monoisotopic (exact) mass is 481 g/mol. The number of carbonyl (C=O) groups excluding carboxylic acids is 1. The summed E-state index contributed by atoms with van der Waals surface area (Å²) in [5.74, 6) is 0.754. The number of pyridine rings is 1. The Morgan fingerprint density at radius 1 is 1.23 bits per heavy atom. The first-order valence-corrected chi connectivity index (χ1v) is 12.1. The quantitative estimate of drug-likeness (QED) is 0.420. The molecule has 2 aliphatic rings. The highest BCUT2D eigenvalue weighted by atomic mass is 16.5. The van der Waals surface area contributed by atoms with Gasteiger partial charge in [-0.2, -0.15) is 9.61 Å². The second-order valence-corrected chi connectivity index (χ2v) is 9.16. The van der Waals surface area contributed by atoms with Gasteiger partial charge in [0.1, 0.15) is 22.9 Å². The van der Waals surface area contributed by atoms with Crippen LogP contribution in [0.5, 0.6) is 0 Å². The van der Waals surface area contributed by atoms with Gasteiger partial charge in [0.25, 0.3) is 11.5 Å². The van der Waals surface area contributed by atoms with Crippen molar-refractivity contribution in [1.29, 1.82) is 0 Å². The lowest BCUT2D eigenvalue weighted by Crippen LogP contribution is -2.39. The van der Waals surface area contributed by atoms with E-state index in [1.165, 1.54) is 6.20 Å². The number of rotatable bonds is 6. The zero-order valence-corrected chi connectivity index (χ0v) is 19.7. The molecule has 5 rings (SSSR count). The molecular weight excluding hydrogens is 450 g/mol. The summed E-state index contributed by atoms with van der Waals surface area (Å²) in [4.78, 5) is 30.8. The number of amides is 1. The summed E-state index contributed by atoms with van der Waals surface area (Å²) in [6, 6.07) is 5.32. The molecule has 2 atom stereocenters. The fourth-order valence-corrected chi connectivity index (χ4v) is 4.92. The summed E-state index contributed by atoms with van der Waals surface area (Å²) >= 11 is 0. The number of aliphatic hydroxyl groups is 1. The van der Waals surface area contributed by atoms with Crippen LogP contribution in [-0.2, 0) is 4.74 Å². The first-order chi connectivity index (χ1) is 17.0. The average molecular weight is 482 g/mol. The van der Waals surface area contributed by atoms with Crippen molar-refractivity contribution in [3.63, 3.8) is 0 Å². The number of hydrogen-bond acceptors (Lipinski definition) is 8. The van der Waals surface area contributed by atoms with Gasteiger partial charge < -0.3 is 30.4 Å². The summed E-state index contributed by atoms with van der Waals surface area (Å²) in [6.45, 7) is 1.29. The van der Waals surface area contributed by atoms with Gasteiger partial charge in [0.2, 0.25) is 0 Å². The van der Waals surface area contributed by atoms with Crippen LogP contribution in [0.4, 0.5) is 17.3 Å². The van der Waals surface area contributed by atoms with E-state index in [0.29, 0.717) is 48.2 Å². The van der Waals surface area contributed by atoms with Gasteiger partial charge in [-0.15, -0.1) is 0 Å². The van der Waals surface area contributed by atoms with Crippen molar-refractivity contribution in [1.82, 2.24) is 24.5 Å². The fraction of sp³-hybridized carbons (Fsp3) is 0.500. The van der Waals surface area contributed by atoms with Gasteiger partial charge in [-0.25, -0.2) is 4.98 Å². The van der Waals surface area contributed by atoms with Gasteiger partial charge in [0.05, 0.1) is 12.3 Å². The summed E-state index contributed by atoms with van der Waals surface area (Å²) in [6.07, 6.45) is 7.51. The molecule has 35 heavy (non-hydrogen) atoms. The van der Waals surface area contributed by atoms with Gasteiger partial charge in [0, 0.05) is 44.6 Å². The molecule has 1 saturated carbocycles. The number of ether oxygens (including phenoxy) is 1. The van der Waals surface area contributed by atoms with Crippen LogP contribution < -0.4 is 21.5 Å². The maximum absolute atomic E-state index is 13.2. The molecule has 3 aromatic heterocycles. The highest BCUT2D eigenvalue weighted by molar-refractivity contribution is 6.00. The van der Waals surface area contributed by atoms with E-state index < -0.39 is 0 Å². The van der Waals surface area contributed by atoms with Crippen molar-refractivity contribution in [3.8, 4) is 0 Å². The number of hydrogen-bond donors (Lipinski definition) is 4. The molecule has 11 nitrogen and oxygen atoms in total. The van der Waals surface area contributed by atoms with Crippen LogP contribution in [0.1, 0.15) is 54.9 Å². The molecular formula is C24H31N7O4. The molecule has 1 saturated heterocycles. The molecule has 3 aromatic rings. The molecule has 0 bridgehead atoms. The maximum Gasteiger partial charge on any atom is 0.274 e. The smallest absolute Gasteiger partial charge is 0.274 e. The summed E-state index contributed by atoms with van der Waals surface area (Å²) in [5, 5.41) is 23.5. The Balaban J connectivity index is 1.43. The van der Waals surface area contributed by atoms with Crippen molar-refractivity contribution in [2.75, 3.05) is 30.9 Å². The third-order valence-electron chi connectivity index (χ3n) is 6.78. The minimum atomic E-state index is -0.390. The number of aromatic nitrogens is 4. The van der Waals surface area contributed by atoms with Gasteiger partial charge in [-0.05, 0) is 50.7 Å². The van der Waals surface area contributed by atoms with Crippen molar-refractivity contribution >= 4 is 28.9 Å². The fourth-order valence-electron chi connectivity index (χ4n) is 4.92. The van der Waals surface area contributed by atoms with Crippen LogP contribution in [0.3, 0.4) is 0 Å². The summed E-state index contributed by atoms with van der Waals surface area (Å²) in [7, 11) is 1.75. The van der Waals surface area contributed by atoms with Gasteiger partial charge in [-0.3, -0.25) is 9.59 Å². The normalized spacial score (nSPS) is 21.1. The van der Waals surface area contributed by atoms with E-state index >= 15 is 0 Å². The number of fused-ring (bicyclic) bond motifs is 1. The lowest BCUT2D eigenvalue weighted by molar-refractivity contribution is 0.0687. The number of nitrogens with one attached hydrogen (secondary N) is 3. The maximum atomic E-state index is 13.2. The Morgan fingerprint density at radius 2 is 2.06 bits per heavy atom. The van der Waals surface area contributed by atoms with Crippen LogP contribution >= 0.6 is 0 Å². The van der Waals surface area contributed by atoms with Gasteiger partial charge in [0.15, 0.2) is 5.65 Å². The van der Waals surface area contributed by atoms with E-state index in [1.54, 1.807) is 34.5 Å². The van der Waals surface area contributed by atoms with Crippen LogP contribution in [0.2, 0.25) is 0 Å². The number of anilines is 3. The Hall–Kier alpha value is -3.44. The second-order valence-electron chi connectivity index (χ2n) is 9.16. The highest BCUT2D eigenvalue weighted by Crippen LogP contribution is 2.24. The largest absolute Gasteiger partial charge is 0.393 e. The lowest BCUT2D eigenvalue weighted by Gasteiger charge is -2.26. The van der Waals surface area contributed by atoms with E-state index in [1.807, 2.05) is 6.07 Å². The van der Waals surface area contributed by atoms with E-state index in [9.17, 15) is 14.7 Å². The molecule has 1 amide bonds. The van der Waals surface area contributed by atoms with E-state index in [0.717, 1.165) is 32.1 Å². The molecule has 2 fully saturated rings. The van der Waals surface area contributed by atoms with E-state index in [-0.39, 0.29) is 29.7 Å². The predicted octanol–water partition coefficient (Wildman–Crippen LogP) is 2.06. The van der Waals surface area contributed by atoms with Crippen molar-refractivity contribution < 1.29 is 14.6 Å². The molecule has 11 heteroatoms. The number of aliphatic hydroxyl groups excluding tert-OH is 1. The van der Waals surface area contributed by atoms with Crippen LogP contribution in [-0.4, -0.2) is 62.6 Å². The minimum absolute atomic E-state index is 0.0840. The van der Waals surface area contributed by atoms with Gasteiger partial charge in [-0.1, -0.05) is 0 Å². The van der Waals surface area contributed by atoms with Crippen molar-refractivity contribution in [2.45, 2.75) is 56.7 Å². The van der Waals surface area contributed by atoms with Crippen LogP contribution in [0.25, 0.3) is 5.65 Å². The first kappa shape index (κ1) is 23.3. The Kier molecular flexibility index (Phi) is 6.69. The van der Waals surface area contributed by atoms with Crippen LogP contribution in [0.15, 0.2) is 35.4 Å². The van der Waals surface area contributed by atoms with Crippen molar-refractivity contribution in [2.24, 2.45) is 0 Å². The van der Waals surface area contributed by atoms with Crippen molar-refractivity contribution in [3.05, 3.63) is 46.5 Å². The topological polar surface area (TPSA) is 135 Å². The number of carbonyl (C=O) groups is 1. The molecule has 1 aliphatic carbocycles. The Morgan fingerprint density at radius 3 is 2.83 bits per heavy atom. The SMILES string of the molecule is CNc1cc(Nc2cccn(C3CCOCC3)c2=O)nc2c(C(=O)NC3CCC[C@H](O)C3)cnn12. The zero-order chi connectivity index (χ0) is 24.4. The Bertz CT molecular complexity index is 1260. The Labute approximate surface area is 202 Å². The predicted molar refractivity (Wildman–Crippen MR) is 131 cm³/mol. The highest BCUT2D eigenvalue weighted by Gasteiger charge is 2.25. The third-order valence-corrected chi connectivity index (χ3v) is 6.78. The van der Waals surface area contributed by atoms with Crippen LogP contribution in [0, 0.1) is 0 Å². The standard InChI is InChI=1S/C24H31N7O4/c1-25-21-13-20(28-19-6-3-9-30(24(19)34)16-7-10-35-11-8-16)29-22-18(14-26-31(21)22)23(33)27-15-4-2-5-17(32)12-15/h3,6,9,13-17,25,32H,2,4-5,7-8,10-12H2,1H3,(H,27,33)(H,28,29)/t15?,17-/m0/s1. The molecule has 0 spiro atoms. The minimum Gasteiger partial charge on any atom is -0.393 e. The molecule has 4 heterocycles. The third kappa shape index (κ3) is 4.87. The van der Waals surface area contributed by atoms with E-state index in [2.05, 4.69) is 26.0 Å². The average Bonchev–Trinajstić information content (AvgIpc) is 3.29. The molecule has 0 aromatic carbocycles.